The van der Waals surface area contributed by atoms with Gasteiger partial charge >= 0.3 is 0 Å². The number of halogens is 1. The third-order valence-corrected chi connectivity index (χ3v) is 5.22. The van der Waals surface area contributed by atoms with Crippen molar-refractivity contribution in [1.29, 1.82) is 0 Å². The Morgan fingerprint density at radius 2 is 2.15 bits per heavy atom. The van der Waals surface area contributed by atoms with Crippen LogP contribution >= 0.6 is 15.9 Å². The van der Waals surface area contributed by atoms with Gasteiger partial charge in [0, 0.05) is 18.7 Å². The minimum atomic E-state index is -1.39. The van der Waals surface area contributed by atoms with Gasteiger partial charge in [0.2, 0.25) is 0 Å². The predicted octanol–water partition coefficient (Wildman–Crippen LogP) is 3.14. The molecule has 0 amide bonds. The number of ether oxygens (including phenoxy) is 1. The van der Waals surface area contributed by atoms with Crippen LogP contribution in [0.3, 0.4) is 0 Å². The Kier molecular flexibility index (Phi) is 6.78. The monoisotopic (exact) mass is 362 g/mol. The molecule has 0 saturated carbocycles. The van der Waals surface area contributed by atoms with Gasteiger partial charge in [-0.25, -0.2) is 9.19 Å². The first-order chi connectivity index (χ1) is 9.31. The first kappa shape index (κ1) is 17.8. The van der Waals surface area contributed by atoms with E-state index in [1.54, 1.807) is 7.11 Å². The maximum Gasteiger partial charge on any atom is 0.106 e. The third kappa shape index (κ3) is 4.62. The van der Waals surface area contributed by atoms with Crippen molar-refractivity contribution in [3.8, 4) is 0 Å². The molecule has 114 valence electrons. The molecular weight excluding hydrogens is 340 g/mol. The molecule has 0 fully saturated rings. The number of nitrogens with zero attached hydrogens (tertiary/aromatic N) is 1. The van der Waals surface area contributed by atoms with E-state index >= 15 is 0 Å². The first-order valence-corrected chi connectivity index (χ1v) is 8.64. The summed E-state index contributed by atoms with van der Waals surface area (Å²) in [6.07, 6.45) is 1.55. The lowest BCUT2D eigenvalue weighted by atomic mass is 9.87. The fraction of sp³-hybridized carbons (Fsp3) is 0.643. The summed E-state index contributed by atoms with van der Waals surface area (Å²) >= 11 is 3.40. The number of pyridine rings is 1. The van der Waals surface area contributed by atoms with Gasteiger partial charge in [-0.15, -0.1) is 0 Å². The van der Waals surface area contributed by atoms with Crippen molar-refractivity contribution in [2.24, 2.45) is 5.14 Å². The molecule has 0 aliphatic heterocycles. The van der Waals surface area contributed by atoms with Crippen LogP contribution in [0.15, 0.2) is 22.8 Å². The van der Waals surface area contributed by atoms with E-state index in [0.717, 1.165) is 16.7 Å². The molecule has 1 aromatic heterocycles. The van der Waals surface area contributed by atoms with E-state index in [1.807, 2.05) is 32.0 Å². The fourth-order valence-electron chi connectivity index (χ4n) is 2.28. The Hall–Kier alpha value is -0.300. The second-order valence-electron chi connectivity index (χ2n) is 5.44. The molecule has 0 aliphatic carbocycles. The Balaban J connectivity index is 3.12. The molecule has 1 heterocycles. The Labute approximate surface area is 132 Å². The summed E-state index contributed by atoms with van der Waals surface area (Å²) < 4.78 is 17.6. The molecule has 0 radical (unpaired) electrons. The molecule has 0 bridgehead atoms. The summed E-state index contributed by atoms with van der Waals surface area (Å²) in [5.74, 6) is 0.0602. The lowest BCUT2D eigenvalue weighted by molar-refractivity contribution is 0.0690. The van der Waals surface area contributed by atoms with Gasteiger partial charge in [-0.05, 0) is 54.8 Å². The lowest BCUT2D eigenvalue weighted by Crippen LogP contribution is -2.37. The summed E-state index contributed by atoms with van der Waals surface area (Å²) in [6, 6.07) is 5.82. The van der Waals surface area contributed by atoms with Gasteiger partial charge in [0.15, 0.2) is 0 Å². The highest BCUT2D eigenvalue weighted by molar-refractivity contribution is 9.10. The van der Waals surface area contributed by atoms with Crippen molar-refractivity contribution in [2.45, 2.75) is 50.4 Å². The van der Waals surface area contributed by atoms with E-state index in [1.165, 1.54) is 0 Å². The SMILES string of the molecule is CCC(OC)[C@H](CC(C)(C)S(N)=O)c1cccc(Br)n1. The summed E-state index contributed by atoms with van der Waals surface area (Å²) in [6.45, 7) is 5.90. The van der Waals surface area contributed by atoms with Crippen LogP contribution in [0.1, 0.15) is 45.2 Å². The van der Waals surface area contributed by atoms with Crippen LogP contribution in [0.2, 0.25) is 0 Å². The van der Waals surface area contributed by atoms with Gasteiger partial charge in [-0.2, -0.15) is 0 Å². The maximum atomic E-state index is 11.7. The van der Waals surface area contributed by atoms with Crippen molar-refractivity contribution in [3.05, 3.63) is 28.5 Å². The average Bonchev–Trinajstić information content (AvgIpc) is 2.38. The van der Waals surface area contributed by atoms with Crippen molar-refractivity contribution in [3.63, 3.8) is 0 Å². The number of nitrogens with two attached hydrogens (primary N) is 1. The second-order valence-corrected chi connectivity index (χ2v) is 7.95. The van der Waals surface area contributed by atoms with Crippen LogP contribution in [0.25, 0.3) is 0 Å². The smallest absolute Gasteiger partial charge is 0.106 e. The minimum Gasteiger partial charge on any atom is -0.381 e. The van der Waals surface area contributed by atoms with Gasteiger partial charge < -0.3 is 4.74 Å². The molecule has 2 N–H and O–H groups in total. The van der Waals surface area contributed by atoms with Gasteiger partial charge in [0.1, 0.15) is 4.60 Å². The van der Waals surface area contributed by atoms with E-state index in [0.29, 0.717) is 6.42 Å². The van der Waals surface area contributed by atoms with Gasteiger partial charge in [-0.3, -0.25) is 5.14 Å². The number of rotatable bonds is 7. The molecule has 1 rings (SSSR count). The normalized spacial score (nSPS) is 16.7. The largest absolute Gasteiger partial charge is 0.381 e. The van der Waals surface area contributed by atoms with Crippen LogP contribution < -0.4 is 5.14 Å². The van der Waals surface area contributed by atoms with Crippen molar-refractivity contribution in [1.82, 2.24) is 4.98 Å². The lowest BCUT2D eigenvalue weighted by Gasteiger charge is -2.31. The molecule has 6 heteroatoms. The third-order valence-electron chi connectivity index (χ3n) is 3.53. The molecule has 1 aromatic rings. The predicted molar refractivity (Wildman–Crippen MR) is 86.8 cm³/mol. The number of hydrogen-bond donors (Lipinski definition) is 1. The summed E-state index contributed by atoms with van der Waals surface area (Å²) in [5, 5.41) is 5.61. The zero-order chi connectivity index (χ0) is 15.3. The van der Waals surface area contributed by atoms with Crippen molar-refractivity contribution < 1.29 is 8.95 Å². The Morgan fingerprint density at radius 1 is 1.50 bits per heavy atom. The van der Waals surface area contributed by atoms with Crippen molar-refractivity contribution in [2.75, 3.05) is 7.11 Å². The van der Waals surface area contributed by atoms with Crippen LogP contribution in [0.4, 0.5) is 0 Å². The fourth-order valence-corrected chi connectivity index (χ4v) is 2.99. The van der Waals surface area contributed by atoms with Crippen LogP contribution in [-0.4, -0.2) is 27.2 Å². The standard InChI is InChI=1S/C14H23BrN2O2S/c1-5-12(19-4)10(9-14(2,3)20(16)18)11-7-6-8-13(15)17-11/h6-8,10,12H,5,9,16H2,1-4H3/t10-,12?,20?/m1/s1. The molecule has 0 saturated heterocycles. The summed E-state index contributed by atoms with van der Waals surface area (Å²) in [7, 11) is 0.309. The molecule has 2 unspecified atom stereocenters. The van der Waals surface area contributed by atoms with Crippen LogP contribution in [-0.2, 0) is 15.7 Å². The highest BCUT2D eigenvalue weighted by atomic mass is 79.9. The molecule has 20 heavy (non-hydrogen) atoms. The molecule has 3 atom stereocenters. The highest BCUT2D eigenvalue weighted by Gasteiger charge is 2.33. The van der Waals surface area contributed by atoms with E-state index in [2.05, 4.69) is 27.8 Å². The minimum absolute atomic E-state index is 0.0274. The second kappa shape index (κ2) is 7.64. The molecule has 4 nitrogen and oxygen atoms in total. The van der Waals surface area contributed by atoms with Gasteiger partial charge in [-0.1, -0.05) is 13.0 Å². The van der Waals surface area contributed by atoms with Gasteiger partial charge in [0.25, 0.3) is 0 Å². The Bertz CT molecular complexity index is 464. The molecule has 0 aromatic carbocycles. The van der Waals surface area contributed by atoms with E-state index in [4.69, 9.17) is 9.88 Å². The topological polar surface area (TPSA) is 65.2 Å². The van der Waals surface area contributed by atoms with E-state index < -0.39 is 15.7 Å². The molecular formula is C14H23BrN2O2S. The first-order valence-electron chi connectivity index (χ1n) is 6.63. The number of hydrogen-bond acceptors (Lipinski definition) is 3. The Morgan fingerprint density at radius 3 is 2.60 bits per heavy atom. The molecule has 0 spiro atoms. The summed E-state index contributed by atoms with van der Waals surface area (Å²) in [4.78, 5) is 4.53. The van der Waals surface area contributed by atoms with Crippen LogP contribution in [0, 0.1) is 0 Å². The van der Waals surface area contributed by atoms with Crippen molar-refractivity contribution >= 4 is 26.9 Å². The highest BCUT2D eigenvalue weighted by Crippen LogP contribution is 2.33. The van der Waals surface area contributed by atoms with E-state index in [-0.39, 0.29) is 12.0 Å². The zero-order valence-electron chi connectivity index (χ0n) is 12.4. The summed E-state index contributed by atoms with van der Waals surface area (Å²) in [5.41, 5.74) is 0.937. The van der Waals surface area contributed by atoms with E-state index in [9.17, 15) is 4.21 Å². The zero-order valence-corrected chi connectivity index (χ0v) is 14.8. The quantitative estimate of drug-likeness (QED) is 0.757. The van der Waals surface area contributed by atoms with Gasteiger partial charge in [0.05, 0.1) is 21.8 Å². The molecule has 0 aliphatic rings. The maximum absolute atomic E-state index is 11.7. The number of methoxy groups -OCH3 is 1. The number of aromatic nitrogens is 1. The van der Waals surface area contributed by atoms with Crippen LogP contribution in [0.5, 0.6) is 0 Å². The average molecular weight is 363 g/mol.